The van der Waals surface area contributed by atoms with Crippen LogP contribution in [-0.2, 0) is 0 Å². The normalized spacial score (nSPS) is 10.9. The number of halogens is 1. The standard InChI is InChI=1S/C16H19FN2O3/c1-11-14(16(22)19(6-8-21)5-2-7-20)9-12-3-4-13(17)10-15(12)18-11/h3-4,9-10,20-21H,2,5-8H2,1H3. The van der Waals surface area contributed by atoms with Crippen LogP contribution in [0.5, 0.6) is 0 Å². The lowest BCUT2D eigenvalue weighted by atomic mass is 10.1. The van der Waals surface area contributed by atoms with E-state index in [1.165, 1.54) is 17.0 Å². The van der Waals surface area contributed by atoms with Gasteiger partial charge in [-0.05, 0) is 31.5 Å². The summed E-state index contributed by atoms with van der Waals surface area (Å²) < 4.78 is 13.2. The maximum absolute atomic E-state index is 13.2. The quantitative estimate of drug-likeness (QED) is 0.848. The summed E-state index contributed by atoms with van der Waals surface area (Å²) in [5.74, 6) is -0.623. The van der Waals surface area contributed by atoms with Crippen molar-refractivity contribution in [1.29, 1.82) is 0 Å². The number of nitrogens with zero attached hydrogens (tertiary/aromatic N) is 2. The number of aliphatic hydroxyl groups excluding tert-OH is 2. The number of amides is 1. The molecule has 0 radical (unpaired) electrons. The van der Waals surface area contributed by atoms with Crippen LogP contribution in [0, 0.1) is 12.7 Å². The predicted molar refractivity (Wildman–Crippen MR) is 81.1 cm³/mol. The lowest BCUT2D eigenvalue weighted by Gasteiger charge is -2.22. The van der Waals surface area contributed by atoms with Gasteiger partial charge in [0.05, 0.1) is 23.4 Å². The molecule has 5 nitrogen and oxygen atoms in total. The molecule has 0 aliphatic rings. The second-order valence-electron chi connectivity index (χ2n) is 5.05. The number of fused-ring (bicyclic) bond motifs is 1. The van der Waals surface area contributed by atoms with E-state index < -0.39 is 0 Å². The Hall–Kier alpha value is -2.05. The van der Waals surface area contributed by atoms with Crippen molar-refractivity contribution >= 4 is 16.8 Å². The molecule has 0 unspecified atom stereocenters. The Morgan fingerprint density at radius 2 is 2.00 bits per heavy atom. The molecule has 0 spiro atoms. The third-order valence-corrected chi connectivity index (χ3v) is 3.44. The molecule has 0 aliphatic heterocycles. The Labute approximate surface area is 128 Å². The summed E-state index contributed by atoms with van der Waals surface area (Å²) >= 11 is 0. The first-order valence-corrected chi connectivity index (χ1v) is 7.14. The van der Waals surface area contributed by atoms with Crippen LogP contribution in [0.2, 0.25) is 0 Å². The Morgan fingerprint density at radius 3 is 2.68 bits per heavy atom. The second-order valence-corrected chi connectivity index (χ2v) is 5.05. The summed E-state index contributed by atoms with van der Waals surface area (Å²) in [5.41, 5.74) is 1.43. The number of hydrogen-bond donors (Lipinski definition) is 2. The van der Waals surface area contributed by atoms with E-state index in [0.717, 1.165) is 0 Å². The lowest BCUT2D eigenvalue weighted by Crippen LogP contribution is -2.35. The van der Waals surface area contributed by atoms with Gasteiger partial charge in [0.1, 0.15) is 5.82 Å². The number of pyridine rings is 1. The highest BCUT2D eigenvalue weighted by Gasteiger charge is 2.18. The molecule has 2 rings (SSSR count). The van der Waals surface area contributed by atoms with E-state index in [0.29, 0.717) is 35.1 Å². The molecule has 2 aromatic rings. The summed E-state index contributed by atoms with van der Waals surface area (Å²) in [7, 11) is 0. The van der Waals surface area contributed by atoms with Gasteiger partial charge in [0.15, 0.2) is 0 Å². The Kier molecular flexibility index (Phi) is 5.41. The number of aliphatic hydroxyl groups is 2. The summed E-state index contributed by atoms with van der Waals surface area (Å²) in [4.78, 5) is 18.4. The highest BCUT2D eigenvalue weighted by atomic mass is 19.1. The van der Waals surface area contributed by atoms with Gasteiger partial charge in [-0.15, -0.1) is 0 Å². The van der Waals surface area contributed by atoms with Crippen LogP contribution in [-0.4, -0.2) is 52.3 Å². The summed E-state index contributed by atoms with van der Waals surface area (Å²) in [5, 5.41) is 18.7. The first kappa shape index (κ1) is 16.3. The maximum Gasteiger partial charge on any atom is 0.255 e. The zero-order valence-corrected chi connectivity index (χ0v) is 12.4. The van der Waals surface area contributed by atoms with Gasteiger partial charge in [-0.2, -0.15) is 0 Å². The minimum Gasteiger partial charge on any atom is -0.396 e. The molecule has 0 bridgehead atoms. The number of aryl methyl sites for hydroxylation is 1. The van der Waals surface area contributed by atoms with Crippen molar-refractivity contribution in [2.45, 2.75) is 13.3 Å². The molecule has 1 aromatic carbocycles. The molecule has 0 atom stereocenters. The zero-order chi connectivity index (χ0) is 16.1. The highest BCUT2D eigenvalue weighted by molar-refractivity contribution is 5.98. The molecular weight excluding hydrogens is 287 g/mol. The highest BCUT2D eigenvalue weighted by Crippen LogP contribution is 2.19. The number of benzene rings is 1. The fraction of sp³-hybridized carbons (Fsp3) is 0.375. The average molecular weight is 306 g/mol. The topological polar surface area (TPSA) is 73.7 Å². The fourth-order valence-corrected chi connectivity index (χ4v) is 2.32. The third-order valence-electron chi connectivity index (χ3n) is 3.44. The van der Waals surface area contributed by atoms with Gasteiger partial charge < -0.3 is 15.1 Å². The van der Waals surface area contributed by atoms with Crippen LogP contribution >= 0.6 is 0 Å². The van der Waals surface area contributed by atoms with Crippen molar-refractivity contribution < 1.29 is 19.4 Å². The molecule has 2 N–H and O–H groups in total. The van der Waals surface area contributed by atoms with Crippen molar-refractivity contribution in [1.82, 2.24) is 9.88 Å². The van der Waals surface area contributed by atoms with E-state index in [-0.39, 0.29) is 31.5 Å². The van der Waals surface area contributed by atoms with Crippen molar-refractivity contribution in [3.05, 3.63) is 41.3 Å². The SMILES string of the molecule is Cc1nc2cc(F)ccc2cc1C(=O)N(CCO)CCCO. The van der Waals surface area contributed by atoms with E-state index in [1.807, 2.05) is 0 Å². The van der Waals surface area contributed by atoms with Gasteiger partial charge in [0.2, 0.25) is 0 Å². The van der Waals surface area contributed by atoms with Crippen LogP contribution in [0.15, 0.2) is 24.3 Å². The van der Waals surface area contributed by atoms with Gasteiger partial charge >= 0.3 is 0 Å². The van der Waals surface area contributed by atoms with Crippen LogP contribution in [0.25, 0.3) is 10.9 Å². The van der Waals surface area contributed by atoms with Gasteiger partial charge in [-0.1, -0.05) is 0 Å². The molecular formula is C16H19FN2O3. The maximum atomic E-state index is 13.2. The average Bonchev–Trinajstić information content (AvgIpc) is 2.50. The van der Waals surface area contributed by atoms with Crippen LogP contribution in [0.4, 0.5) is 4.39 Å². The Morgan fingerprint density at radius 1 is 1.23 bits per heavy atom. The van der Waals surface area contributed by atoms with E-state index in [4.69, 9.17) is 10.2 Å². The fourth-order valence-electron chi connectivity index (χ4n) is 2.32. The summed E-state index contributed by atoms with van der Waals surface area (Å²) in [6.45, 7) is 2.07. The van der Waals surface area contributed by atoms with Gasteiger partial charge in [0.25, 0.3) is 5.91 Å². The molecule has 0 aliphatic carbocycles. The lowest BCUT2D eigenvalue weighted by molar-refractivity contribution is 0.0709. The largest absolute Gasteiger partial charge is 0.396 e. The minimum absolute atomic E-state index is 0.0244. The third kappa shape index (κ3) is 3.58. The van der Waals surface area contributed by atoms with Crippen molar-refractivity contribution in [3.63, 3.8) is 0 Å². The second kappa shape index (κ2) is 7.29. The van der Waals surface area contributed by atoms with Crippen LogP contribution < -0.4 is 0 Å². The molecule has 0 saturated carbocycles. The smallest absolute Gasteiger partial charge is 0.255 e. The molecule has 1 amide bonds. The predicted octanol–water partition coefficient (Wildman–Crippen LogP) is 1.50. The first-order valence-electron chi connectivity index (χ1n) is 7.14. The molecule has 6 heteroatoms. The molecule has 0 fully saturated rings. The monoisotopic (exact) mass is 306 g/mol. The van der Waals surface area contributed by atoms with Gasteiger partial charge in [0, 0.05) is 31.1 Å². The number of aromatic nitrogens is 1. The number of rotatable bonds is 6. The zero-order valence-electron chi connectivity index (χ0n) is 12.4. The molecule has 118 valence electrons. The van der Waals surface area contributed by atoms with E-state index >= 15 is 0 Å². The van der Waals surface area contributed by atoms with E-state index in [9.17, 15) is 9.18 Å². The van der Waals surface area contributed by atoms with E-state index in [1.54, 1.807) is 19.1 Å². The molecule has 0 saturated heterocycles. The number of hydrogen-bond acceptors (Lipinski definition) is 4. The Balaban J connectivity index is 2.36. The summed E-state index contributed by atoms with van der Waals surface area (Å²) in [6.07, 6.45) is 0.441. The summed E-state index contributed by atoms with van der Waals surface area (Å²) in [6, 6.07) is 5.92. The Bertz CT molecular complexity index is 676. The minimum atomic E-state index is -0.372. The van der Waals surface area contributed by atoms with Crippen molar-refractivity contribution in [2.24, 2.45) is 0 Å². The first-order chi connectivity index (χ1) is 10.6. The number of carbonyl (C=O) groups is 1. The number of carbonyl (C=O) groups excluding carboxylic acids is 1. The molecule has 22 heavy (non-hydrogen) atoms. The molecule has 1 heterocycles. The van der Waals surface area contributed by atoms with Crippen LogP contribution in [0.1, 0.15) is 22.5 Å². The van der Waals surface area contributed by atoms with Gasteiger partial charge in [-0.25, -0.2) is 4.39 Å². The van der Waals surface area contributed by atoms with Crippen LogP contribution in [0.3, 0.4) is 0 Å². The van der Waals surface area contributed by atoms with Crippen molar-refractivity contribution in [3.8, 4) is 0 Å². The van der Waals surface area contributed by atoms with E-state index in [2.05, 4.69) is 4.98 Å². The van der Waals surface area contributed by atoms with Crippen molar-refractivity contribution in [2.75, 3.05) is 26.3 Å². The van der Waals surface area contributed by atoms with Gasteiger partial charge in [-0.3, -0.25) is 9.78 Å². The molecule has 1 aromatic heterocycles.